The topological polar surface area (TPSA) is 74.3 Å². The van der Waals surface area contributed by atoms with Gasteiger partial charge in [0.1, 0.15) is 5.69 Å². The molecule has 1 aromatic carbocycles. The van der Waals surface area contributed by atoms with E-state index in [0.717, 1.165) is 5.13 Å². The Kier molecular flexibility index (Phi) is 4.63. The number of amides is 2. The average molecular weight is 370 g/mol. The monoisotopic (exact) mass is 370 g/mol. The van der Waals surface area contributed by atoms with Crippen LogP contribution in [0, 0.1) is 11.8 Å². The first-order valence-corrected chi connectivity index (χ1v) is 9.82. The number of nitrogens with one attached hydrogen (secondary N) is 2. The van der Waals surface area contributed by atoms with E-state index in [2.05, 4.69) is 15.6 Å². The molecule has 2 amide bonds. The van der Waals surface area contributed by atoms with Crippen LogP contribution in [0.25, 0.3) is 0 Å². The van der Waals surface area contributed by atoms with Crippen LogP contribution in [-0.2, 0) is 0 Å². The smallest absolute Gasteiger partial charge is 0.271 e. The third-order valence-electron chi connectivity index (χ3n) is 5.17. The Bertz CT molecular complexity index is 803. The molecule has 1 aliphatic carbocycles. The second kappa shape index (κ2) is 7.07. The van der Waals surface area contributed by atoms with Gasteiger partial charge in [0.15, 0.2) is 5.13 Å². The van der Waals surface area contributed by atoms with E-state index in [0.29, 0.717) is 36.2 Å². The molecule has 1 aromatic heterocycles. The minimum absolute atomic E-state index is 0.0117. The van der Waals surface area contributed by atoms with Crippen molar-refractivity contribution in [2.24, 2.45) is 11.8 Å². The first-order valence-electron chi connectivity index (χ1n) is 8.94. The molecule has 0 unspecified atom stereocenters. The Labute approximate surface area is 156 Å². The van der Waals surface area contributed by atoms with Gasteiger partial charge in [0, 0.05) is 37.0 Å². The number of hydrogen-bond donors (Lipinski definition) is 2. The predicted molar refractivity (Wildman–Crippen MR) is 101 cm³/mol. The van der Waals surface area contributed by atoms with Gasteiger partial charge >= 0.3 is 0 Å². The van der Waals surface area contributed by atoms with E-state index in [4.69, 9.17) is 0 Å². The Balaban J connectivity index is 1.46. The normalized spacial score (nSPS) is 22.3. The summed E-state index contributed by atoms with van der Waals surface area (Å²) in [6.45, 7) is 1.27. The molecule has 2 aliphatic rings. The molecule has 4 rings (SSSR count). The first-order chi connectivity index (χ1) is 12.7. The maximum Gasteiger partial charge on any atom is 0.271 e. The molecule has 2 fully saturated rings. The molecule has 2 atom stereocenters. The zero-order valence-corrected chi connectivity index (χ0v) is 15.5. The van der Waals surface area contributed by atoms with Crippen LogP contribution >= 0.6 is 11.3 Å². The van der Waals surface area contributed by atoms with E-state index in [1.807, 2.05) is 35.2 Å². The largest absolute Gasteiger partial charge is 0.365 e. The lowest BCUT2D eigenvalue weighted by molar-refractivity contribution is 0.0780. The number of benzene rings is 1. The maximum absolute atomic E-state index is 12.8. The van der Waals surface area contributed by atoms with Gasteiger partial charge in [-0.3, -0.25) is 9.59 Å². The third-order valence-corrected chi connectivity index (χ3v) is 6.03. The number of aromatic nitrogens is 1. The van der Waals surface area contributed by atoms with Crippen LogP contribution in [0.1, 0.15) is 33.7 Å². The number of carbonyl (C=O) groups is 2. The molecule has 2 N–H and O–H groups in total. The van der Waals surface area contributed by atoms with Crippen molar-refractivity contribution in [1.82, 2.24) is 15.2 Å². The maximum atomic E-state index is 12.8. The minimum Gasteiger partial charge on any atom is -0.365 e. The quantitative estimate of drug-likeness (QED) is 0.848. The van der Waals surface area contributed by atoms with Crippen molar-refractivity contribution in [3.63, 3.8) is 0 Å². The first kappa shape index (κ1) is 17.0. The number of nitrogens with zero attached hydrogens (tertiary/aromatic N) is 2. The summed E-state index contributed by atoms with van der Waals surface area (Å²) < 4.78 is 0. The summed E-state index contributed by atoms with van der Waals surface area (Å²) in [6.07, 6.45) is 2.37. The van der Waals surface area contributed by atoms with Crippen LogP contribution in [-0.4, -0.2) is 47.9 Å². The fourth-order valence-corrected chi connectivity index (χ4v) is 4.30. The molecule has 2 heterocycles. The van der Waals surface area contributed by atoms with Crippen molar-refractivity contribution < 1.29 is 9.59 Å². The van der Waals surface area contributed by atoms with Crippen LogP contribution < -0.4 is 10.6 Å². The highest BCUT2D eigenvalue weighted by Gasteiger charge is 2.44. The summed E-state index contributed by atoms with van der Waals surface area (Å²) in [4.78, 5) is 31.5. The fraction of sp³-hybridized carbons (Fsp3) is 0.421. The van der Waals surface area contributed by atoms with Crippen LogP contribution in [0.5, 0.6) is 0 Å². The molecule has 136 valence electrons. The van der Waals surface area contributed by atoms with Gasteiger partial charge in [-0.1, -0.05) is 18.2 Å². The number of hydrogen-bond acceptors (Lipinski definition) is 5. The van der Waals surface area contributed by atoms with Crippen molar-refractivity contribution in [1.29, 1.82) is 0 Å². The van der Waals surface area contributed by atoms with E-state index in [9.17, 15) is 9.59 Å². The molecule has 6 nitrogen and oxygen atoms in total. The number of anilines is 1. The lowest BCUT2D eigenvalue weighted by Gasteiger charge is -2.18. The number of rotatable bonds is 5. The van der Waals surface area contributed by atoms with E-state index >= 15 is 0 Å². The van der Waals surface area contributed by atoms with E-state index in [-0.39, 0.29) is 17.9 Å². The highest BCUT2D eigenvalue weighted by Crippen LogP contribution is 2.41. The molecule has 1 aliphatic heterocycles. The fourth-order valence-electron chi connectivity index (χ4n) is 3.65. The Morgan fingerprint density at radius 3 is 2.62 bits per heavy atom. The summed E-state index contributed by atoms with van der Waals surface area (Å²) in [5.74, 6) is 0.817. The molecular formula is C19H22N4O2S. The second-order valence-corrected chi connectivity index (χ2v) is 7.80. The van der Waals surface area contributed by atoms with Gasteiger partial charge < -0.3 is 15.5 Å². The number of likely N-dealkylation sites (tertiary alicyclic amines) is 1. The average Bonchev–Trinajstić information content (AvgIpc) is 3.25. The van der Waals surface area contributed by atoms with Gasteiger partial charge in [-0.25, -0.2) is 4.98 Å². The van der Waals surface area contributed by atoms with Gasteiger partial charge in [0.2, 0.25) is 0 Å². The van der Waals surface area contributed by atoms with E-state index in [1.165, 1.54) is 24.2 Å². The summed E-state index contributed by atoms with van der Waals surface area (Å²) in [7, 11) is 1.79. The second-order valence-electron chi connectivity index (χ2n) is 6.95. The van der Waals surface area contributed by atoms with Crippen molar-refractivity contribution in [2.75, 3.05) is 25.5 Å². The van der Waals surface area contributed by atoms with Gasteiger partial charge in [-0.15, -0.1) is 11.3 Å². The molecular weight excluding hydrogens is 348 g/mol. The zero-order valence-electron chi connectivity index (χ0n) is 14.6. The lowest BCUT2D eigenvalue weighted by Crippen LogP contribution is -2.41. The molecule has 7 heteroatoms. The van der Waals surface area contributed by atoms with Crippen LogP contribution in [0.3, 0.4) is 0 Å². The summed E-state index contributed by atoms with van der Waals surface area (Å²) in [5, 5.41) is 8.55. The predicted octanol–water partition coefficient (Wildman–Crippen LogP) is 2.47. The molecule has 0 bridgehead atoms. The Morgan fingerprint density at radius 2 is 1.96 bits per heavy atom. The number of carbonyl (C=O) groups excluding carboxylic acids is 2. The minimum atomic E-state index is -0.160. The molecule has 0 spiro atoms. The van der Waals surface area contributed by atoms with Gasteiger partial charge in [0.05, 0.1) is 6.04 Å². The van der Waals surface area contributed by atoms with E-state index in [1.54, 1.807) is 12.4 Å². The number of thiazole rings is 1. The summed E-state index contributed by atoms with van der Waals surface area (Å²) in [5.41, 5.74) is 1.13. The summed E-state index contributed by atoms with van der Waals surface area (Å²) >= 11 is 1.41. The zero-order chi connectivity index (χ0) is 18.1. The highest BCUT2D eigenvalue weighted by atomic mass is 32.1. The molecule has 26 heavy (non-hydrogen) atoms. The van der Waals surface area contributed by atoms with Crippen molar-refractivity contribution in [3.05, 3.63) is 47.0 Å². The third kappa shape index (κ3) is 3.44. The van der Waals surface area contributed by atoms with Crippen molar-refractivity contribution >= 4 is 28.3 Å². The van der Waals surface area contributed by atoms with Gasteiger partial charge in [0.25, 0.3) is 11.8 Å². The summed E-state index contributed by atoms with van der Waals surface area (Å²) in [6, 6.07) is 9.33. The van der Waals surface area contributed by atoms with E-state index < -0.39 is 0 Å². The standard InChI is InChI=1S/C19H22N4O2S/c1-20-19-22-16(11-26-19)17(24)21-15-10-23(9-14(15)12-7-8-12)18(25)13-5-3-2-4-6-13/h2-6,11-12,14-15H,7-10H2,1H3,(H,20,22)(H,21,24)/t14-,15+/m1/s1. The highest BCUT2D eigenvalue weighted by molar-refractivity contribution is 7.13. The Hall–Kier alpha value is -2.41. The molecule has 2 aromatic rings. The van der Waals surface area contributed by atoms with Crippen LogP contribution in [0.15, 0.2) is 35.7 Å². The van der Waals surface area contributed by atoms with Crippen LogP contribution in [0.2, 0.25) is 0 Å². The van der Waals surface area contributed by atoms with Crippen LogP contribution in [0.4, 0.5) is 5.13 Å². The lowest BCUT2D eigenvalue weighted by atomic mass is 9.98. The van der Waals surface area contributed by atoms with Crippen molar-refractivity contribution in [3.8, 4) is 0 Å². The van der Waals surface area contributed by atoms with Gasteiger partial charge in [-0.2, -0.15) is 0 Å². The molecule has 1 saturated carbocycles. The molecule has 0 radical (unpaired) electrons. The van der Waals surface area contributed by atoms with Gasteiger partial charge in [-0.05, 0) is 30.9 Å². The molecule has 1 saturated heterocycles. The SMILES string of the molecule is CNc1nc(C(=O)N[C@H]2CN(C(=O)c3ccccc3)C[C@@H]2C2CC2)cs1. The Morgan fingerprint density at radius 1 is 1.19 bits per heavy atom. The van der Waals surface area contributed by atoms with Crippen molar-refractivity contribution in [2.45, 2.75) is 18.9 Å².